The van der Waals surface area contributed by atoms with E-state index in [1.807, 2.05) is 48.5 Å². The Morgan fingerprint density at radius 2 is 1.39 bits per heavy atom. The molecule has 18 heavy (non-hydrogen) atoms. The summed E-state index contributed by atoms with van der Waals surface area (Å²) in [5.74, 6) is 0.336. The van der Waals surface area contributed by atoms with Crippen LogP contribution in [0.15, 0.2) is 60.7 Å². The van der Waals surface area contributed by atoms with Gasteiger partial charge in [-0.15, -0.1) is 0 Å². The van der Waals surface area contributed by atoms with Crippen LogP contribution in [0.3, 0.4) is 0 Å². The minimum atomic E-state index is -1.40. The molecule has 0 aliphatic rings. The lowest BCUT2D eigenvalue weighted by Gasteiger charge is -2.19. The lowest BCUT2D eigenvalue weighted by atomic mass is 10.2. The molecule has 0 radical (unpaired) electrons. The number of hydrogen-bond donors (Lipinski definition) is 0. The molecule has 1 atom stereocenters. The third-order valence-corrected chi connectivity index (χ3v) is 5.41. The Morgan fingerprint density at radius 1 is 0.889 bits per heavy atom. The van der Waals surface area contributed by atoms with Crippen LogP contribution in [0.4, 0.5) is 0 Å². The molecule has 0 fully saturated rings. The van der Waals surface area contributed by atoms with Crippen LogP contribution in [0.1, 0.15) is 11.1 Å². The van der Waals surface area contributed by atoms with E-state index in [1.165, 1.54) is 0 Å². The highest BCUT2D eigenvalue weighted by Crippen LogP contribution is 2.38. The zero-order valence-electron chi connectivity index (χ0n) is 9.55. The third-order valence-electron chi connectivity index (χ3n) is 2.54. The van der Waals surface area contributed by atoms with Crippen LogP contribution in [0.25, 0.3) is 0 Å². The summed E-state index contributed by atoms with van der Waals surface area (Å²) in [7, 11) is -1.40. The molecule has 0 saturated heterocycles. The maximum absolute atomic E-state index is 12.3. The molecule has 0 aliphatic heterocycles. The molecule has 0 unspecified atom stereocenters. The van der Waals surface area contributed by atoms with Gasteiger partial charge in [-0.2, -0.15) is 0 Å². The lowest BCUT2D eigenvalue weighted by Crippen LogP contribution is -2.19. The molecule has 0 bridgehead atoms. The van der Waals surface area contributed by atoms with Gasteiger partial charge in [-0.05, 0) is 5.56 Å². The molecule has 94 valence electrons. The number of rotatable bonds is 4. The van der Waals surface area contributed by atoms with E-state index in [1.54, 1.807) is 12.1 Å². The van der Waals surface area contributed by atoms with Gasteiger partial charge in [0.1, 0.15) is 0 Å². The van der Waals surface area contributed by atoms with E-state index in [0.717, 1.165) is 5.56 Å². The number of hydrogen-bond acceptors (Lipinski definition) is 1. The van der Waals surface area contributed by atoms with Crippen molar-refractivity contribution >= 4 is 34.0 Å². The maximum atomic E-state index is 12.3. The third kappa shape index (κ3) is 3.14. The van der Waals surface area contributed by atoms with Gasteiger partial charge in [0.15, 0.2) is 0 Å². The topological polar surface area (TPSA) is 17.1 Å². The first-order valence-electron chi connectivity index (χ1n) is 5.46. The van der Waals surface area contributed by atoms with Gasteiger partial charge in [0.25, 0.3) is 0 Å². The zero-order valence-corrected chi connectivity index (χ0v) is 11.9. The first-order chi connectivity index (χ1) is 8.60. The van der Waals surface area contributed by atoms with Gasteiger partial charge in [0.2, 0.25) is 3.67 Å². The molecule has 4 heteroatoms. The Labute approximate surface area is 119 Å². The quantitative estimate of drug-likeness (QED) is 0.772. The maximum Gasteiger partial charge on any atom is 0.217 e. The van der Waals surface area contributed by atoms with Crippen molar-refractivity contribution in [1.82, 2.24) is 0 Å². The normalized spacial score (nSPS) is 13.2. The first kappa shape index (κ1) is 13.6. The van der Waals surface area contributed by atoms with Crippen LogP contribution in [-0.4, -0.2) is 4.21 Å². The van der Waals surface area contributed by atoms with Crippen LogP contribution in [0.5, 0.6) is 0 Å². The molecule has 2 aromatic carbocycles. The van der Waals surface area contributed by atoms with E-state index in [4.69, 9.17) is 23.2 Å². The van der Waals surface area contributed by atoms with Gasteiger partial charge in [0.05, 0.1) is 16.6 Å². The van der Waals surface area contributed by atoms with Crippen molar-refractivity contribution in [2.45, 2.75) is 9.42 Å². The SMILES string of the molecule is O=[S@](Cc1ccccc1)C(Cl)(Cl)c1ccccc1. The zero-order chi connectivity index (χ0) is 13.0. The molecule has 0 saturated carbocycles. The van der Waals surface area contributed by atoms with Crippen molar-refractivity contribution in [2.24, 2.45) is 0 Å². The number of halogens is 2. The van der Waals surface area contributed by atoms with Crippen LogP contribution in [-0.2, 0) is 20.2 Å². The van der Waals surface area contributed by atoms with Crippen molar-refractivity contribution in [3.8, 4) is 0 Å². The molecule has 0 aromatic heterocycles. The minimum absolute atomic E-state index is 0.336. The molecule has 1 nitrogen and oxygen atoms in total. The van der Waals surface area contributed by atoms with Crippen LogP contribution in [0.2, 0.25) is 0 Å². The fourth-order valence-electron chi connectivity index (χ4n) is 1.58. The second-order valence-electron chi connectivity index (χ2n) is 3.86. The summed E-state index contributed by atoms with van der Waals surface area (Å²) in [5.41, 5.74) is 1.61. The average molecular weight is 299 g/mol. The van der Waals surface area contributed by atoms with Gasteiger partial charge >= 0.3 is 0 Å². The highest BCUT2D eigenvalue weighted by molar-refractivity contribution is 7.88. The predicted octanol–water partition coefficient (Wildman–Crippen LogP) is 4.22. The second kappa shape index (κ2) is 5.87. The van der Waals surface area contributed by atoms with Gasteiger partial charge < -0.3 is 0 Å². The van der Waals surface area contributed by atoms with Gasteiger partial charge in [-0.25, -0.2) is 0 Å². The van der Waals surface area contributed by atoms with E-state index in [2.05, 4.69) is 0 Å². The average Bonchev–Trinajstić information content (AvgIpc) is 2.41. The smallest absolute Gasteiger partial charge is 0.217 e. The van der Waals surface area contributed by atoms with Crippen LogP contribution in [0, 0.1) is 0 Å². The highest BCUT2D eigenvalue weighted by atomic mass is 35.5. The summed E-state index contributed by atoms with van der Waals surface area (Å²) < 4.78 is 10.9. The summed E-state index contributed by atoms with van der Waals surface area (Å²) in [6.07, 6.45) is 0. The Kier molecular flexibility index (Phi) is 4.44. The van der Waals surface area contributed by atoms with Crippen LogP contribution < -0.4 is 0 Å². The van der Waals surface area contributed by atoms with Crippen molar-refractivity contribution in [3.05, 3.63) is 71.8 Å². The van der Waals surface area contributed by atoms with E-state index < -0.39 is 14.5 Å². The number of alkyl halides is 2. The molecule has 0 amide bonds. The van der Waals surface area contributed by atoms with E-state index in [9.17, 15) is 4.21 Å². The van der Waals surface area contributed by atoms with Crippen molar-refractivity contribution < 1.29 is 4.21 Å². The summed E-state index contributed by atoms with van der Waals surface area (Å²) in [4.78, 5) is 0. The Bertz CT molecular complexity index is 526. The number of benzene rings is 2. The van der Waals surface area contributed by atoms with E-state index >= 15 is 0 Å². The minimum Gasteiger partial charge on any atom is -0.256 e. The molecule has 2 aromatic rings. The fraction of sp³-hybridized carbons (Fsp3) is 0.143. The Hall–Kier alpha value is -0.830. The Morgan fingerprint density at radius 3 is 1.94 bits per heavy atom. The van der Waals surface area contributed by atoms with Crippen molar-refractivity contribution in [3.63, 3.8) is 0 Å². The molecule has 2 rings (SSSR count). The predicted molar refractivity (Wildman–Crippen MR) is 78.1 cm³/mol. The molecular formula is C14H12Cl2OS. The molecule has 0 aliphatic carbocycles. The summed E-state index contributed by atoms with van der Waals surface area (Å²) in [6.45, 7) is 0. The van der Waals surface area contributed by atoms with E-state index in [0.29, 0.717) is 11.3 Å². The summed E-state index contributed by atoms with van der Waals surface area (Å²) in [5, 5.41) is 0. The van der Waals surface area contributed by atoms with Crippen molar-refractivity contribution in [2.75, 3.05) is 0 Å². The monoisotopic (exact) mass is 298 g/mol. The van der Waals surface area contributed by atoms with Crippen molar-refractivity contribution in [1.29, 1.82) is 0 Å². The molecule has 0 spiro atoms. The van der Waals surface area contributed by atoms with Gasteiger partial charge in [-0.1, -0.05) is 83.9 Å². The Balaban J connectivity index is 2.18. The fourth-order valence-corrected chi connectivity index (χ4v) is 3.23. The lowest BCUT2D eigenvalue weighted by molar-refractivity contribution is 0.678. The molecule has 0 heterocycles. The molecular weight excluding hydrogens is 287 g/mol. The van der Waals surface area contributed by atoms with Gasteiger partial charge in [-0.3, -0.25) is 4.21 Å². The van der Waals surface area contributed by atoms with E-state index in [-0.39, 0.29) is 0 Å². The standard InChI is InChI=1S/C14H12Cl2OS/c15-14(16,13-9-5-2-6-10-13)18(17)11-12-7-3-1-4-8-12/h1-10H,11H2/t18-/m1/s1. The van der Waals surface area contributed by atoms with Gasteiger partial charge in [0, 0.05) is 5.56 Å². The highest BCUT2D eigenvalue weighted by Gasteiger charge is 2.33. The molecule has 0 N–H and O–H groups in total. The summed E-state index contributed by atoms with van der Waals surface area (Å²) in [6, 6.07) is 18.6. The van der Waals surface area contributed by atoms with Crippen LogP contribution >= 0.6 is 23.2 Å². The first-order valence-corrected chi connectivity index (χ1v) is 7.54. The second-order valence-corrected chi connectivity index (χ2v) is 7.23. The summed E-state index contributed by atoms with van der Waals surface area (Å²) >= 11 is 12.5. The largest absolute Gasteiger partial charge is 0.256 e.